The van der Waals surface area contributed by atoms with Crippen molar-refractivity contribution in [2.75, 3.05) is 6.61 Å². The number of nitrogens with one attached hydrogen (secondary N) is 1. The molecule has 0 radical (unpaired) electrons. The highest BCUT2D eigenvalue weighted by Crippen LogP contribution is 2.46. The third kappa shape index (κ3) is 4.30. The first-order valence-electron chi connectivity index (χ1n) is 13.7. The van der Waals surface area contributed by atoms with Gasteiger partial charge in [-0.15, -0.1) is 0 Å². The van der Waals surface area contributed by atoms with Crippen LogP contribution in [0.25, 0.3) is 10.8 Å². The number of fused-ring (bicyclic) bond motifs is 1. The Morgan fingerprint density at radius 2 is 1.53 bits per heavy atom. The minimum absolute atomic E-state index is 0.137. The van der Waals surface area contributed by atoms with Crippen LogP contribution >= 0.6 is 0 Å². The molecule has 0 unspecified atom stereocenters. The molecule has 3 aliphatic rings. The van der Waals surface area contributed by atoms with Crippen LogP contribution in [-0.2, 0) is 16.2 Å². The van der Waals surface area contributed by atoms with Crippen LogP contribution in [0.1, 0.15) is 68.1 Å². The van der Waals surface area contributed by atoms with Gasteiger partial charge in [-0.05, 0) is 73.6 Å². The van der Waals surface area contributed by atoms with Crippen LogP contribution in [0.4, 0.5) is 0 Å². The lowest BCUT2D eigenvalue weighted by atomic mass is 9.71. The number of rotatable bonds is 6. The predicted molar refractivity (Wildman–Crippen MR) is 148 cm³/mol. The number of Topliss-reactive ketones (excluding diaryl/α,β-unsaturated/α-hetero) is 2. The number of carbonyl (C=O) groups is 2. The SMILES string of the molecule is CCOc1cc(C2C3=C(CCCC3=O)NC3=C2C(=O)CCC3)ccc1OCc1c(C)ccc2ccccc12. The minimum atomic E-state index is -0.351. The minimum Gasteiger partial charge on any atom is -0.490 e. The van der Waals surface area contributed by atoms with E-state index in [9.17, 15) is 9.59 Å². The Bertz CT molecular complexity index is 1470. The molecule has 1 heterocycles. The second kappa shape index (κ2) is 10.1. The Morgan fingerprint density at radius 3 is 2.24 bits per heavy atom. The van der Waals surface area contributed by atoms with Gasteiger partial charge in [0.05, 0.1) is 6.61 Å². The van der Waals surface area contributed by atoms with Crippen molar-refractivity contribution in [3.05, 3.63) is 93.8 Å². The van der Waals surface area contributed by atoms with Crippen molar-refractivity contribution in [3.63, 3.8) is 0 Å². The largest absolute Gasteiger partial charge is 0.490 e. The van der Waals surface area contributed by atoms with E-state index < -0.39 is 0 Å². The average Bonchev–Trinajstić information content (AvgIpc) is 2.92. The number of allylic oxidation sites excluding steroid dienone is 4. The zero-order chi connectivity index (χ0) is 26.2. The third-order valence-electron chi connectivity index (χ3n) is 8.04. The summed E-state index contributed by atoms with van der Waals surface area (Å²) in [5.41, 5.74) is 6.74. The molecule has 5 nitrogen and oxygen atoms in total. The van der Waals surface area contributed by atoms with Crippen molar-refractivity contribution in [3.8, 4) is 11.5 Å². The van der Waals surface area contributed by atoms with Crippen LogP contribution in [-0.4, -0.2) is 18.2 Å². The molecule has 0 saturated heterocycles. The highest BCUT2D eigenvalue weighted by atomic mass is 16.5. The molecule has 194 valence electrons. The fraction of sp³-hybridized carbons (Fsp3) is 0.333. The molecule has 2 aliphatic carbocycles. The number of dihydropyridines is 1. The van der Waals surface area contributed by atoms with Crippen LogP contribution < -0.4 is 14.8 Å². The van der Waals surface area contributed by atoms with Crippen LogP contribution in [0.2, 0.25) is 0 Å². The van der Waals surface area contributed by atoms with E-state index in [0.717, 1.165) is 59.4 Å². The van der Waals surface area contributed by atoms with E-state index in [-0.39, 0.29) is 17.5 Å². The number of ether oxygens (including phenoxy) is 2. The number of hydrogen-bond acceptors (Lipinski definition) is 5. The van der Waals surface area contributed by atoms with Crippen molar-refractivity contribution >= 4 is 22.3 Å². The van der Waals surface area contributed by atoms with E-state index in [1.165, 1.54) is 16.3 Å². The van der Waals surface area contributed by atoms with Gasteiger partial charge in [-0.25, -0.2) is 0 Å². The summed E-state index contributed by atoms with van der Waals surface area (Å²) in [4.78, 5) is 26.4. The molecular weight excluding hydrogens is 474 g/mol. The first-order valence-corrected chi connectivity index (χ1v) is 13.7. The Hall–Kier alpha value is -3.86. The summed E-state index contributed by atoms with van der Waals surface area (Å²) in [6.45, 7) is 4.96. The van der Waals surface area contributed by atoms with Crippen LogP contribution in [0.3, 0.4) is 0 Å². The van der Waals surface area contributed by atoms with Crippen LogP contribution in [0.5, 0.6) is 11.5 Å². The van der Waals surface area contributed by atoms with E-state index in [2.05, 4.69) is 42.6 Å². The predicted octanol–water partition coefficient (Wildman–Crippen LogP) is 6.83. The number of hydrogen-bond donors (Lipinski definition) is 1. The zero-order valence-corrected chi connectivity index (χ0v) is 22.1. The molecule has 0 bridgehead atoms. The molecule has 1 aliphatic heterocycles. The summed E-state index contributed by atoms with van der Waals surface area (Å²) in [6, 6.07) is 18.5. The number of aryl methyl sites for hydroxylation is 1. The molecule has 1 N–H and O–H groups in total. The molecule has 0 atom stereocenters. The van der Waals surface area contributed by atoms with Gasteiger partial charge in [0.25, 0.3) is 0 Å². The molecule has 0 spiro atoms. The zero-order valence-electron chi connectivity index (χ0n) is 22.1. The Morgan fingerprint density at radius 1 is 0.816 bits per heavy atom. The Kier molecular flexibility index (Phi) is 6.52. The van der Waals surface area contributed by atoms with Crippen LogP contribution in [0.15, 0.2) is 77.1 Å². The summed E-state index contributed by atoms with van der Waals surface area (Å²) in [5, 5.41) is 5.86. The van der Waals surface area contributed by atoms with Gasteiger partial charge >= 0.3 is 0 Å². The van der Waals surface area contributed by atoms with Crippen molar-refractivity contribution in [1.82, 2.24) is 5.32 Å². The Balaban J connectivity index is 1.38. The molecule has 6 rings (SSSR count). The maximum atomic E-state index is 13.2. The smallest absolute Gasteiger partial charge is 0.161 e. The summed E-state index contributed by atoms with van der Waals surface area (Å²) in [7, 11) is 0. The molecular formula is C33H33NO4. The third-order valence-corrected chi connectivity index (χ3v) is 8.04. The van der Waals surface area contributed by atoms with E-state index >= 15 is 0 Å². The maximum Gasteiger partial charge on any atom is 0.161 e. The van der Waals surface area contributed by atoms with Crippen molar-refractivity contribution in [1.29, 1.82) is 0 Å². The van der Waals surface area contributed by atoms with Gasteiger partial charge < -0.3 is 14.8 Å². The highest BCUT2D eigenvalue weighted by molar-refractivity contribution is 6.06. The molecule has 3 aromatic rings. The van der Waals surface area contributed by atoms with Crippen molar-refractivity contribution in [2.24, 2.45) is 0 Å². The molecule has 3 aromatic carbocycles. The molecule has 0 amide bonds. The summed E-state index contributed by atoms with van der Waals surface area (Å²) >= 11 is 0. The molecule has 5 heteroatoms. The topological polar surface area (TPSA) is 64.6 Å². The van der Waals surface area contributed by atoms with Gasteiger partial charge in [0, 0.05) is 46.9 Å². The lowest BCUT2D eigenvalue weighted by molar-refractivity contribution is -0.117. The van der Waals surface area contributed by atoms with Crippen molar-refractivity contribution < 1.29 is 19.1 Å². The van der Waals surface area contributed by atoms with E-state index in [1.807, 2.05) is 31.2 Å². The normalized spacial score (nSPS) is 17.8. The monoisotopic (exact) mass is 507 g/mol. The van der Waals surface area contributed by atoms with Gasteiger partial charge in [-0.3, -0.25) is 9.59 Å². The van der Waals surface area contributed by atoms with Gasteiger partial charge in [0.15, 0.2) is 23.1 Å². The molecule has 0 saturated carbocycles. The number of carbonyl (C=O) groups excluding carboxylic acids is 2. The maximum absolute atomic E-state index is 13.2. The summed E-state index contributed by atoms with van der Waals surface area (Å²) in [5.74, 6) is 1.22. The summed E-state index contributed by atoms with van der Waals surface area (Å²) < 4.78 is 12.4. The van der Waals surface area contributed by atoms with Gasteiger partial charge in [0.2, 0.25) is 0 Å². The first kappa shape index (κ1) is 24.5. The average molecular weight is 508 g/mol. The quantitative estimate of drug-likeness (QED) is 0.396. The van der Waals surface area contributed by atoms with Gasteiger partial charge in [0.1, 0.15) is 6.61 Å². The van der Waals surface area contributed by atoms with Crippen LogP contribution in [0, 0.1) is 6.92 Å². The first-order chi connectivity index (χ1) is 18.5. The molecule has 0 aromatic heterocycles. The second-order valence-electron chi connectivity index (χ2n) is 10.4. The number of ketones is 2. The van der Waals surface area contributed by atoms with E-state index in [1.54, 1.807) is 0 Å². The molecule has 0 fully saturated rings. The second-order valence-corrected chi connectivity index (χ2v) is 10.4. The standard InChI is InChI=1S/C33H33NO4/c1-3-37-30-18-22(16-17-29(30)38-19-24-20(2)14-15-21-8-4-5-9-23(21)24)31-32-25(10-6-12-27(32)35)34-26-11-7-13-28(36)33(26)31/h4-5,8-9,14-18,31,34H,3,6-7,10-13,19H2,1-2H3. The lowest BCUT2D eigenvalue weighted by Crippen LogP contribution is -2.36. The van der Waals surface area contributed by atoms with E-state index in [0.29, 0.717) is 37.6 Å². The van der Waals surface area contributed by atoms with E-state index in [4.69, 9.17) is 9.47 Å². The highest BCUT2D eigenvalue weighted by Gasteiger charge is 2.40. The Labute approximate surface area is 223 Å². The van der Waals surface area contributed by atoms with Gasteiger partial charge in [-0.1, -0.05) is 42.5 Å². The molecule has 38 heavy (non-hydrogen) atoms. The van der Waals surface area contributed by atoms with Crippen molar-refractivity contribution in [2.45, 2.75) is 64.9 Å². The number of benzene rings is 3. The fourth-order valence-corrected chi connectivity index (χ4v) is 6.19. The fourth-order valence-electron chi connectivity index (χ4n) is 6.19. The van der Waals surface area contributed by atoms with Gasteiger partial charge in [-0.2, -0.15) is 0 Å². The summed E-state index contributed by atoms with van der Waals surface area (Å²) in [6.07, 6.45) is 4.42. The lowest BCUT2D eigenvalue weighted by Gasteiger charge is -2.37.